The van der Waals surface area contributed by atoms with Gasteiger partial charge in [-0.1, -0.05) is 5.92 Å². The number of benzene rings is 1. The average Bonchev–Trinajstić information content (AvgIpc) is 2.74. The van der Waals surface area contributed by atoms with Gasteiger partial charge in [0.15, 0.2) is 11.5 Å². The first-order valence-electron chi connectivity index (χ1n) is 6.12. The highest BCUT2D eigenvalue weighted by Crippen LogP contribution is 2.38. The molecule has 1 saturated heterocycles. The first-order chi connectivity index (χ1) is 10.5. The zero-order valence-electron chi connectivity index (χ0n) is 11.9. The van der Waals surface area contributed by atoms with Crippen molar-refractivity contribution in [3.8, 4) is 23.8 Å². The Hall–Kier alpha value is -1.91. The van der Waals surface area contributed by atoms with Gasteiger partial charge in [0, 0.05) is 0 Å². The molecular formula is C15H12BrNO4S. The van der Waals surface area contributed by atoms with E-state index in [0.717, 1.165) is 16.7 Å². The van der Waals surface area contributed by atoms with Crippen molar-refractivity contribution in [1.29, 1.82) is 0 Å². The number of carbonyl (C=O) groups is 2. The second kappa shape index (κ2) is 6.90. The molecule has 1 aliphatic heterocycles. The molecule has 0 saturated carbocycles. The molecule has 7 heteroatoms. The van der Waals surface area contributed by atoms with Gasteiger partial charge in [-0.15, -0.1) is 6.42 Å². The molecule has 0 spiro atoms. The fraction of sp³-hybridized carbons (Fsp3) is 0.200. The van der Waals surface area contributed by atoms with Gasteiger partial charge in [0.1, 0.15) is 0 Å². The molecule has 1 aliphatic rings. The number of thioether (sulfide) groups is 1. The summed E-state index contributed by atoms with van der Waals surface area (Å²) in [5.74, 6) is 2.98. The molecule has 0 N–H and O–H groups in total. The fourth-order valence-corrected chi connectivity index (χ4v) is 3.36. The molecule has 0 aliphatic carbocycles. The average molecular weight is 382 g/mol. The molecule has 2 rings (SSSR count). The third kappa shape index (κ3) is 3.13. The van der Waals surface area contributed by atoms with Crippen molar-refractivity contribution in [2.75, 3.05) is 20.8 Å². The largest absolute Gasteiger partial charge is 0.493 e. The van der Waals surface area contributed by atoms with Crippen molar-refractivity contribution in [1.82, 2.24) is 4.90 Å². The van der Waals surface area contributed by atoms with Gasteiger partial charge in [-0.3, -0.25) is 14.5 Å². The number of imide groups is 1. The van der Waals surface area contributed by atoms with Crippen LogP contribution < -0.4 is 9.47 Å². The van der Waals surface area contributed by atoms with Gasteiger partial charge in [-0.2, -0.15) is 0 Å². The summed E-state index contributed by atoms with van der Waals surface area (Å²) in [4.78, 5) is 25.2. The van der Waals surface area contributed by atoms with Crippen LogP contribution in [0.2, 0.25) is 0 Å². The molecule has 1 heterocycles. The Morgan fingerprint density at radius 2 is 2.09 bits per heavy atom. The van der Waals surface area contributed by atoms with Crippen LogP contribution in [0, 0.1) is 12.3 Å². The quantitative estimate of drug-likeness (QED) is 0.592. The van der Waals surface area contributed by atoms with Gasteiger partial charge >= 0.3 is 0 Å². The van der Waals surface area contributed by atoms with Gasteiger partial charge in [-0.25, -0.2) is 0 Å². The van der Waals surface area contributed by atoms with E-state index in [4.69, 9.17) is 15.9 Å². The number of methoxy groups -OCH3 is 2. The molecule has 0 aromatic heterocycles. The number of amides is 2. The summed E-state index contributed by atoms with van der Waals surface area (Å²) in [6.45, 7) is -0.0301. The maximum absolute atomic E-state index is 12.1. The number of carbonyl (C=O) groups excluding carboxylic acids is 2. The maximum atomic E-state index is 12.1. The van der Waals surface area contributed by atoms with Gasteiger partial charge < -0.3 is 9.47 Å². The number of terminal acetylenes is 1. The summed E-state index contributed by atoms with van der Waals surface area (Å²) in [5.41, 5.74) is 0.704. The van der Waals surface area contributed by atoms with Crippen LogP contribution in [0.4, 0.5) is 4.79 Å². The zero-order valence-corrected chi connectivity index (χ0v) is 14.3. The van der Waals surface area contributed by atoms with Crippen LogP contribution in [-0.4, -0.2) is 36.8 Å². The number of hydrogen-bond acceptors (Lipinski definition) is 5. The molecule has 2 amide bonds. The summed E-state index contributed by atoms with van der Waals surface area (Å²) >= 11 is 4.24. The number of rotatable bonds is 4. The van der Waals surface area contributed by atoms with Crippen LogP contribution in [0.25, 0.3) is 6.08 Å². The number of hydrogen-bond donors (Lipinski definition) is 0. The molecule has 0 atom stereocenters. The van der Waals surface area contributed by atoms with Crippen molar-refractivity contribution < 1.29 is 19.1 Å². The minimum atomic E-state index is -0.390. The monoisotopic (exact) mass is 381 g/mol. The zero-order chi connectivity index (χ0) is 16.3. The lowest BCUT2D eigenvalue weighted by Gasteiger charge is -2.10. The lowest BCUT2D eigenvalue weighted by atomic mass is 10.2. The number of ether oxygens (including phenoxy) is 2. The second-order valence-corrected chi connectivity index (χ2v) is 6.06. The Bertz CT molecular complexity index is 708. The Balaban J connectivity index is 2.38. The van der Waals surface area contributed by atoms with Crippen LogP contribution in [0.15, 0.2) is 21.5 Å². The standard InChI is InChI=1S/C15H12BrNO4S/c1-4-5-17-14(18)12(22-15(17)19)8-9-6-10(16)13(21-3)11(7-9)20-2/h1,6-8H,5H2,2-3H3/b12-8+. The highest BCUT2D eigenvalue weighted by atomic mass is 79.9. The molecule has 1 aromatic rings. The molecule has 114 valence electrons. The molecule has 1 fully saturated rings. The fourth-order valence-electron chi connectivity index (χ4n) is 1.90. The van der Waals surface area contributed by atoms with Crippen LogP contribution in [0.3, 0.4) is 0 Å². The summed E-state index contributed by atoms with van der Waals surface area (Å²) < 4.78 is 11.2. The third-order valence-electron chi connectivity index (χ3n) is 2.88. The Morgan fingerprint density at radius 3 is 2.68 bits per heavy atom. The van der Waals surface area contributed by atoms with Crippen LogP contribution in [0.1, 0.15) is 5.56 Å². The van der Waals surface area contributed by atoms with Crippen molar-refractivity contribution in [3.63, 3.8) is 0 Å². The van der Waals surface area contributed by atoms with Gasteiger partial charge in [0.25, 0.3) is 11.1 Å². The van der Waals surface area contributed by atoms with E-state index in [9.17, 15) is 9.59 Å². The second-order valence-electron chi connectivity index (χ2n) is 4.21. The molecule has 0 unspecified atom stereocenters. The Kier molecular flexibility index (Phi) is 5.16. The summed E-state index contributed by atoms with van der Waals surface area (Å²) in [7, 11) is 3.06. The first-order valence-corrected chi connectivity index (χ1v) is 7.73. The van der Waals surface area contributed by atoms with Crippen molar-refractivity contribution in [2.24, 2.45) is 0 Å². The minimum Gasteiger partial charge on any atom is -0.493 e. The summed E-state index contributed by atoms with van der Waals surface area (Å²) in [6, 6.07) is 3.50. The normalized spacial score (nSPS) is 16.1. The number of halogens is 1. The molecule has 22 heavy (non-hydrogen) atoms. The smallest absolute Gasteiger partial charge is 0.294 e. The minimum absolute atomic E-state index is 0.0301. The SMILES string of the molecule is C#CCN1C(=O)S/C(=C/c2cc(Br)c(OC)c(OC)c2)C1=O. The Labute approximate surface area is 140 Å². The van der Waals surface area contributed by atoms with Crippen molar-refractivity contribution in [2.45, 2.75) is 0 Å². The van der Waals surface area contributed by atoms with Crippen LogP contribution in [0.5, 0.6) is 11.5 Å². The van der Waals surface area contributed by atoms with E-state index >= 15 is 0 Å². The third-order valence-corrected chi connectivity index (χ3v) is 4.37. The molecule has 0 radical (unpaired) electrons. The first kappa shape index (κ1) is 16.5. The predicted molar refractivity (Wildman–Crippen MR) is 88.8 cm³/mol. The summed E-state index contributed by atoms with van der Waals surface area (Å²) in [5, 5.41) is -0.367. The maximum Gasteiger partial charge on any atom is 0.294 e. The molecular weight excluding hydrogens is 370 g/mol. The van der Waals surface area contributed by atoms with Crippen molar-refractivity contribution >= 4 is 44.9 Å². The van der Waals surface area contributed by atoms with Gasteiger partial charge in [0.05, 0.1) is 30.1 Å². The molecule has 0 bridgehead atoms. The van der Waals surface area contributed by atoms with E-state index in [0.29, 0.717) is 26.4 Å². The van der Waals surface area contributed by atoms with Gasteiger partial charge in [0.2, 0.25) is 0 Å². The van der Waals surface area contributed by atoms with Crippen LogP contribution >= 0.6 is 27.7 Å². The van der Waals surface area contributed by atoms with E-state index in [-0.39, 0.29) is 17.7 Å². The topological polar surface area (TPSA) is 55.8 Å². The van der Waals surface area contributed by atoms with E-state index in [1.54, 1.807) is 18.2 Å². The predicted octanol–water partition coefficient (Wildman–Crippen LogP) is 3.14. The van der Waals surface area contributed by atoms with Gasteiger partial charge in [-0.05, 0) is 51.5 Å². The van der Waals surface area contributed by atoms with E-state index in [1.807, 2.05) is 0 Å². The van der Waals surface area contributed by atoms with E-state index in [1.165, 1.54) is 14.2 Å². The molecule has 1 aromatic carbocycles. The van der Waals surface area contributed by atoms with Crippen LogP contribution in [-0.2, 0) is 4.79 Å². The van der Waals surface area contributed by atoms with E-state index in [2.05, 4.69) is 21.9 Å². The van der Waals surface area contributed by atoms with Crippen molar-refractivity contribution in [3.05, 3.63) is 27.1 Å². The molecule has 5 nitrogen and oxygen atoms in total. The van der Waals surface area contributed by atoms with E-state index < -0.39 is 0 Å². The highest BCUT2D eigenvalue weighted by Gasteiger charge is 2.34. The summed E-state index contributed by atoms with van der Waals surface area (Å²) in [6.07, 6.45) is 6.78. The Morgan fingerprint density at radius 1 is 1.36 bits per heavy atom. The lowest BCUT2D eigenvalue weighted by Crippen LogP contribution is -2.28. The highest BCUT2D eigenvalue weighted by molar-refractivity contribution is 9.10. The lowest BCUT2D eigenvalue weighted by molar-refractivity contribution is -0.122. The number of nitrogens with zero attached hydrogens (tertiary/aromatic N) is 1.